The Morgan fingerprint density at radius 1 is 1.31 bits per heavy atom. The zero-order chi connectivity index (χ0) is 11.5. The van der Waals surface area contributed by atoms with Crippen molar-refractivity contribution in [2.24, 2.45) is 0 Å². The largest absolute Gasteiger partial charge is 0.336 e. The van der Waals surface area contributed by atoms with Crippen LogP contribution in [0.25, 0.3) is 0 Å². The molecule has 0 fully saturated rings. The monoisotopic (exact) mass is 235 g/mol. The number of anilines is 2. The Hall–Kier alpha value is -1.68. The van der Waals surface area contributed by atoms with Crippen LogP contribution in [0.2, 0.25) is 0 Å². The van der Waals surface area contributed by atoms with Crippen LogP contribution in [-0.2, 0) is 0 Å². The van der Waals surface area contributed by atoms with Gasteiger partial charge in [0.15, 0.2) is 6.29 Å². The summed E-state index contributed by atoms with van der Waals surface area (Å²) in [7, 11) is 1.84. The van der Waals surface area contributed by atoms with E-state index in [1.54, 1.807) is 12.1 Å². The number of thiophene rings is 1. The molecule has 1 heterocycles. The first-order valence-corrected chi connectivity index (χ1v) is 5.56. The number of nitrogens with zero attached hydrogens (tertiary/aromatic N) is 1. The molecule has 0 bridgehead atoms. The Labute approximate surface area is 96.9 Å². The van der Waals surface area contributed by atoms with Crippen LogP contribution in [0.5, 0.6) is 0 Å². The van der Waals surface area contributed by atoms with Gasteiger partial charge in [-0.05, 0) is 30.3 Å². The van der Waals surface area contributed by atoms with E-state index in [9.17, 15) is 9.18 Å². The lowest BCUT2D eigenvalue weighted by molar-refractivity contribution is 0.112. The molecule has 2 nitrogen and oxygen atoms in total. The van der Waals surface area contributed by atoms with Crippen LogP contribution in [0.1, 0.15) is 9.67 Å². The molecule has 82 valence electrons. The molecule has 4 heteroatoms. The third kappa shape index (κ3) is 2.12. The number of hydrogen-bond donors (Lipinski definition) is 0. The second kappa shape index (κ2) is 4.45. The van der Waals surface area contributed by atoms with Crippen molar-refractivity contribution in [2.45, 2.75) is 0 Å². The van der Waals surface area contributed by atoms with Crippen LogP contribution in [0.3, 0.4) is 0 Å². The predicted molar refractivity (Wildman–Crippen MR) is 64.2 cm³/mol. The third-order valence-electron chi connectivity index (χ3n) is 2.25. The lowest BCUT2D eigenvalue weighted by Gasteiger charge is -2.16. The van der Waals surface area contributed by atoms with Crippen LogP contribution >= 0.6 is 11.3 Å². The standard InChI is InChI=1S/C12H10FNOS/c1-14(10-4-2-3-9(13)7-10)12-6-5-11(8-15)16-12/h2-8H,1H3. The van der Waals surface area contributed by atoms with Crippen molar-refractivity contribution < 1.29 is 9.18 Å². The molecule has 2 rings (SSSR count). The van der Waals surface area contributed by atoms with Crippen LogP contribution in [0.15, 0.2) is 36.4 Å². The van der Waals surface area contributed by atoms with Crippen LogP contribution in [-0.4, -0.2) is 13.3 Å². The first-order valence-electron chi connectivity index (χ1n) is 4.75. The minimum atomic E-state index is -0.267. The first-order chi connectivity index (χ1) is 7.70. The van der Waals surface area contributed by atoms with Crippen molar-refractivity contribution in [3.63, 3.8) is 0 Å². The van der Waals surface area contributed by atoms with Crippen LogP contribution in [0, 0.1) is 5.82 Å². The predicted octanol–water partition coefficient (Wildman–Crippen LogP) is 3.47. The molecule has 1 aromatic carbocycles. The summed E-state index contributed by atoms with van der Waals surface area (Å²) < 4.78 is 13.0. The van der Waals surface area contributed by atoms with Gasteiger partial charge in [0.1, 0.15) is 5.82 Å². The summed E-state index contributed by atoms with van der Waals surface area (Å²) in [5.41, 5.74) is 0.763. The minimum absolute atomic E-state index is 0.267. The molecule has 1 aromatic heterocycles. The highest BCUT2D eigenvalue weighted by atomic mass is 32.1. The van der Waals surface area contributed by atoms with Gasteiger partial charge in [0.05, 0.1) is 9.88 Å². The van der Waals surface area contributed by atoms with Gasteiger partial charge in [-0.2, -0.15) is 0 Å². The number of halogens is 1. The molecule has 0 atom stereocenters. The van der Waals surface area contributed by atoms with Gasteiger partial charge in [-0.25, -0.2) is 4.39 Å². The minimum Gasteiger partial charge on any atom is -0.336 e. The summed E-state index contributed by atoms with van der Waals surface area (Å²) in [6.45, 7) is 0. The molecule has 0 radical (unpaired) electrons. The van der Waals surface area contributed by atoms with E-state index in [-0.39, 0.29) is 5.82 Å². The molecule has 0 unspecified atom stereocenters. The fourth-order valence-electron chi connectivity index (χ4n) is 1.40. The quantitative estimate of drug-likeness (QED) is 0.759. The van der Waals surface area contributed by atoms with E-state index in [1.165, 1.54) is 23.5 Å². The van der Waals surface area contributed by atoms with Crippen molar-refractivity contribution in [3.05, 3.63) is 47.1 Å². The summed E-state index contributed by atoms with van der Waals surface area (Å²) in [4.78, 5) is 13.1. The van der Waals surface area contributed by atoms with E-state index in [4.69, 9.17) is 0 Å². The molecule has 0 saturated carbocycles. The van der Waals surface area contributed by atoms with Gasteiger partial charge in [-0.3, -0.25) is 4.79 Å². The van der Waals surface area contributed by atoms with E-state index in [0.29, 0.717) is 4.88 Å². The summed E-state index contributed by atoms with van der Waals surface area (Å²) in [5, 5.41) is 0.910. The topological polar surface area (TPSA) is 20.3 Å². The van der Waals surface area contributed by atoms with Crippen molar-refractivity contribution in [1.82, 2.24) is 0 Å². The van der Waals surface area contributed by atoms with Gasteiger partial charge < -0.3 is 4.90 Å². The van der Waals surface area contributed by atoms with Gasteiger partial charge in [0, 0.05) is 12.7 Å². The number of benzene rings is 1. The number of carbonyl (C=O) groups excluding carboxylic acids is 1. The highest BCUT2D eigenvalue weighted by Crippen LogP contribution is 2.30. The molecule has 0 aliphatic rings. The molecule has 2 aromatic rings. The lowest BCUT2D eigenvalue weighted by Crippen LogP contribution is -2.07. The maximum atomic E-state index is 13.0. The Morgan fingerprint density at radius 2 is 2.12 bits per heavy atom. The average molecular weight is 235 g/mol. The molecular formula is C12H10FNOS. The first kappa shape index (κ1) is 10.8. The molecule has 0 aliphatic carbocycles. The van der Waals surface area contributed by atoms with Gasteiger partial charge in [0.25, 0.3) is 0 Å². The maximum absolute atomic E-state index is 13.0. The second-order valence-corrected chi connectivity index (χ2v) is 4.43. The second-order valence-electron chi connectivity index (χ2n) is 3.33. The molecule has 0 N–H and O–H groups in total. The summed E-state index contributed by atoms with van der Waals surface area (Å²) >= 11 is 1.38. The Bertz CT molecular complexity index is 509. The summed E-state index contributed by atoms with van der Waals surface area (Å²) in [6.07, 6.45) is 0.813. The van der Waals surface area contributed by atoms with Gasteiger partial charge in [-0.15, -0.1) is 11.3 Å². The van der Waals surface area contributed by atoms with Crippen molar-refractivity contribution >= 4 is 28.3 Å². The zero-order valence-corrected chi connectivity index (χ0v) is 9.50. The number of rotatable bonds is 3. The third-order valence-corrected chi connectivity index (χ3v) is 3.34. The molecule has 0 amide bonds. The molecule has 0 spiro atoms. The normalized spacial score (nSPS) is 10.1. The lowest BCUT2D eigenvalue weighted by atomic mass is 10.3. The Kier molecular flexibility index (Phi) is 3.01. The van der Waals surface area contributed by atoms with E-state index >= 15 is 0 Å². The Balaban J connectivity index is 2.31. The van der Waals surface area contributed by atoms with E-state index in [0.717, 1.165) is 17.0 Å². The van der Waals surface area contributed by atoms with Crippen LogP contribution in [0.4, 0.5) is 15.1 Å². The SMILES string of the molecule is CN(c1cccc(F)c1)c1ccc(C=O)s1. The van der Waals surface area contributed by atoms with Gasteiger partial charge in [-0.1, -0.05) is 6.07 Å². The number of carbonyl (C=O) groups is 1. The van der Waals surface area contributed by atoms with E-state index in [1.807, 2.05) is 24.1 Å². The smallest absolute Gasteiger partial charge is 0.160 e. The number of hydrogen-bond acceptors (Lipinski definition) is 3. The average Bonchev–Trinajstić information content (AvgIpc) is 2.76. The van der Waals surface area contributed by atoms with Crippen molar-refractivity contribution in [3.8, 4) is 0 Å². The molecular weight excluding hydrogens is 225 g/mol. The molecule has 0 saturated heterocycles. The summed E-state index contributed by atoms with van der Waals surface area (Å²) in [5.74, 6) is -0.267. The van der Waals surface area contributed by atoms with E-state index in [2.05, 4.69) is 0 Å². The summed E-state index contributed by atoms with van der Waals surface area (Å²) in [6, 6.07) is 9.95. The maximum Gasteiger partial charge on any atom is 0.160 e. The number of aldehydes is 1. The Morgan fingerprint density at radius 3 is 2.75 bits per heavy atom. The van der Waals surface area contributed by atoms with Gasteiger partial charge in [0.2, 0.25) is 0 Å². The highest BCUT2D eigenvalue weighted by molar-refractivity contribution is 7.17. The molecule has 16 heavy (non-hydrogen) atoms. The van der Waals surface area contributed by atoms with Crippen molar-refractivity contribution in [1.29, 1.82) is 0 Å². The highest BCUT2D eigenvalue weighted by Gasteiger charge is 2.07. The van der Waals surface area contributed by atoms with Crippen molar-refractivity contribution in [2.75, 3.05) is 11.9 Å². The fraction of sp³-hybridized carbons (Fsp3) is 0.0833. The van der Waals surface area contributed by atoms with E-state index < -0.39 is 0 Å². The molecule has 0 aliphatic heterocycles. The zero-order valence-electron chi connectivity index (χ0n) is 8.68. The van der Waals surface area contributed by atoms with Crippen LogP contribution < -0.4 is 4.90 Å². The van der Waals surface area contributed by atoms with Gasteiger partial charge >= 0.3 is 0 Å². The fourth-order valence-corrected chi connectivity index (χ4v) is 2.20.